The first-order chi connectivity index (χ1) is 12.5. The van der Waals surface area contributed by atoms with Crippen molar-refractivity contribution in [2.24, 2.45) is 0 Å². The minimum absolute atomic E-state index is 0.163. The number of carboxylic acid groups (broad SMARTS) is 1. The van der Waals surface area contributed by atoms with Crippen LogP contribution in [0.4, 0.5) is 0 Å². The molecule has 0 aliphatic carbocycles. The number of fused-ring (bicyclic) bond motifs is 1. The quantitative estimate of drug-likeness (QED) is 0.601. The molecular weight excluding hydrogens is 334 g/mol. The zero-order chi connectivity index (χ0) is 18.3. The SMILES string of the molecule is CC(C)n1nnc2ccc(-c3nnc(-c4cccc(C(=O)O)c4)o3)cc21. The average Bonchev–Trinajstić information content (AvgIpc) is 3.28. The summed E-state index contributed by atoms with van der Waals surface area (Å²) < 4.78 is 7.58. The van der Waals surface area contributed by atoms with Crippen LogP contribution in [0.15, 0.2) is 46.9 Å². The number of aromatic carboxylic acids is 1. The molecule has 8 heteroatoms. The van der Waals surface area contributed by atoms with Crippen LogP contribution in [0.1, 0.15) is 30.2 Å². The number of benzene rings is 2. The molecule has 0 unspecified atom stereocenters. The van der Waals surface area contributed by atoms with Crippen molar-refractivity contribution >= 4 is 17.0 Å². The largest absolute Gasteiger partial charge is 0.478 e. The van der Waals surface area contributed by atoms with Gasteiger partial charge in [-0.1, -0.05) is 11.3 Å². The topological polar surface area (TPSA) is 107 Å². The summed E-state index contributed by atoms with van der Waals surface area (Å²) in [6.45, 7) is 4.06. The van der Waals surface area contributed by atoms with Crippen LogP contribution in [0.25, 0.3) is 33.9 Å². The highest BCUT2D eigenvalue weighted by atomic mass is 16.4. The lowest BCUT2D eigenvalue weighted by Crippen LogP contribution is -2.02. The highest BCUT2D eigenvalue weighted by Gasteiger charge is 2.15. The lowest BCUT2D eigenvalue weighted by Gasteiger charge is -2.05. The highest BCUT2D eigenvalue weighted by molar-refractivity contribution is 5.89. The molecule has 1 N–H and O–H groups in total. The van der Waals surface area contributed by atoms with E-state index in [1.165, 1.54) is 12.1 Å². The van der Waals surface area contributed by atoms with E-state index >= 15 is 0 Å². The number of hydrogen-bond acceptors (Lipinski definition) is 6. The van der Waals surface area contributed by atoms with E-state index < -0.39 is 5.97 Å². The predicted octanol–water partition coefficient (Wildman–Crippen LogP) is 3.43. The van der Waals surface area contributed by atoms with Crippen molar-refractivity contribution in [1.29, 1.82) is 0 Å². The molecule has 8 nitrogen and oxygen atoms in total. The molecule has 4 aromatic rings. The lowest BCUT2D eigenvalue weighted by molar-refractivity contribution is 0.0697. The molecule has 0 spiro atoms. The lowest BCUT2D eigenvalue weighted by atomic mass is 10.1. The molecule has 26 heavy (non-hydrogen) atoms. The molecule has 0 saturated heterocycles. The second kappa shape index (κ2) is 6.07. The van der Waals surface area contributed by atoms with E-state index in [1.54, 1.807) is 12.1 Å². The van der Waals surface area contributed by atoms with Gasteiger partial charge in [0.15, 0.2) is 0 Å². The van der Waals surface area contributed by atoms with Crippen molar-refractivity contribution in [3.05, 3.63) is 48.0 Å². The summed E-state index contributed by atoms with van der Waals surface area (Å²) in [5, 5.41) is 25.5. The van der Waals surface area contributed by atoms with Gasteiger partial charge in [0.1, 0.15) is 5.52 Å². The summed E-state index contributed by atoms with van der Waals surface area (Å²) in [5.41, 5.74) is 3.13. The van der Waals surface area contributed by atoms with Gasteiger partial charge >= 0.3 is 5.97 Å². The monoisotopic (exact) mass is 349 g/mol. The second-order valence-electron chi connectivity index (χ2n) is 6.13. The Balaban J connectivity index is 1.74. The molecule has 0 aliphatic heterocycles. The maximum Gasteiger partial charge on any atom is 0.335 e. The Bertz CT molecular complexity index is 1110. The van der Waals surface area contributed by atoms with Crippen molar-refractivity contribution in [1.82, 2.24) is 25.2 Å². The third kappa shape index (κ3) is 2.71. The van der Waals surface area contributed by atoms with E-state index in [0.717, 1.165) is 16.6 Å². The minimum atomic E-state index is -1.01. The number of carboxylic acids is 1. The van der Waals surface area contributed by atoms with Crippen LogP contribution in [0, 0.1) is 0 Å². The van der Waals surface area contributed by atoms with Gasteiger partial charge in [0, 0.05) is 17.2 Å². The Morgan fingerprint density at radius 3 is 2.46 bits per heavy atom. The van der Waals surface area contributed by atoms with Gasteiger partial charge < -0.3 is 9.52 Å². The van der Waals surface area contributed by atoms with Crippen LogP contribution in [0.3, 0.4) is 0 Å². The molecule has 0 aliphatic rings. The highest BCUT2D eigenvalue weighted by Crippen LogP contribution is 2.27. The van der Waals surface area contributed by atoms with E-state index in [0.29, 0.717) is 11.5 Å². The van der Waals surface area contributed by atoms with Gasteiger partial charge in [-0.2, -0.15) is 0 Å². The van der Waals surface area contributed by atoms with Crippen LogP contribution >= 0.6 is 0 Å². The molecule has 0 bridgehead atoms. The van der Waals surface area contributed by atoms with E-state index in [1.807, 2.05) is 36.7 Å². The van der Waals surface area contributed by atoms with Crippen LogP contribution in [-0.4, -0.2) is 36.3 Å². The van der Waals surface area contributed by atoms with E-state index in [9.17, 15) is 4.79 Å². The smallest absolute Gasteiger partial charge is 0.335 e. The van der Waals surface area contributed by atoms with Gasteiger partial charge in [-0.15, -0.1) is 15.3 Å². The third-order valence-corrected chi connectivity index (χ3v) is 3.99. The molecule has 2 heterocycles. The molecule has 0 radical (unpaired) electrons. The van der Waals surface area contributed by atoms with E-state index in [4.69, 9.17) is 9.52 Å². The van der Waals surface area contributed by atoms with Gasteiger partial charge in [0.05, 0.1) is 11.1 Å². The summed E-state index contributed by atoms with van der Waals surface area (Å²) in [6.07, 6.45) is 0. The van der Waals surface area contributed by atoms with Crippen LogP contribution < -0.4 is 0 Å². The summed E-state index contributed by atoms with van der Waals surface area (Å²) in [5.74, 6) is -0.399. The molecule has 4 rings (SSSR count). The van der Waals surface area contributed by atoms with Crippen LogP contribution in [0.5, 0.6) is 0 Å². The zero-order valence-electron chi connectivity index (χ0n) is 14.1. The van der Waals surface area contributed by atoms with E-state index in [2.05, 4.69) is 20.5 Å². The fourth-order valence-corrected chi connectivity index (χ4v) is 2.69. The van der Waals surface area contributed by atoms with Crippen molar-refractivity contribution in [2.75, 3.05) is 0 Å². The summed E-state index contributed by atoms with van der Waals surface area (Å²) in [6, 6.07) is 12.1. The summed E-state index contributed by atoms with van der Waals surface area (Å²) in [7, 11) is 0. The second-order valence-corrected chi connectivity index (χ2v) is 6.13. The molecule has 0 amide bonds. The normalized spacial score (nSPS) is 11.3. The molecule has 0 fully saturated rings. The molecule has 0 saturated carbocycles. The predicted molar refractivity (Wildman–Crippen MR) is 93.6 cm³/mol. The van der Waals surface area contributed by atoms with Crippen LogP contribution in [0.2, 0.25) is 0 Å². The fourth-order valence-electron chi connectivity index (χ4n) is 2.69. The molecular formula is C18H15N5O3. The van der Waals surface area contributed by atoms with Gasteiger partial charge in [0.25, 0.3) is 0 Å². The third-order valence-electron chi connectivity index (χ3n) is 3.99. The Morgan fingerprint density at radius 1 is 1.04 bits per heavy atom. The maximum absolute atomic E-state index is 11.1. The first-order valence-electron chi connectivity index (χ1n) is 8.05. The van der Waals surface area contributed by atoms with E-state index in [-0.39, 0.29) is 17.5 Å². The number of aromatic nitrogens is 5. The zero-order valence-corrected chi connectivity index (χ0v) is 14.1. The van der Waals surface area contributed by atoms with Crippen molar-refractivity contribution in [3.63, 3.8) is 0 Å². The molecule has 2 aromatic heterocycles. The fraction of sp³-hybridized carbons (Fsp3) is 0.167. The molecule has 2 aromatic carbocycles. The average molecular weight is 349 g/mol. The van der Waals surface area contributed by atoms with Gasteiger partial charge in [-0.05, 0) is 50.2 Å². The number of nitrogens with zero attached hydrogens (tertiary/aromatic N) is 5. The molecule has 0 atom stereocenters. The van der Waals surface area contributed by atoms with Gasteiger partial charge in [0.2, 0.25) is 11.8 Å². The number of rotatable bonds is 4. The minimum Gasteiger partial charge on any atom is -0.478 e. The van der Waals surface area contributed by atoms with Gasteiger partial charge in [-0.25, -0.2) is 9.48 Å². The Hall–Kier alpha value is -3.55. The summed E-state index contributed by atoms with van der Waals surface area (Å²) in [4.78, 5) is 11.1. The first-order valence-corrected chi connectivity index (χ1v) is 8.05. The van der Waals surface area contributed by atoms with Crippen LogP contribution in [-0.2, 0) is 0 Å². The summed E-state index contributed by atoms with van der Waals surface area (Å²) >= 11 is 0. The van der Waals surface area contributed by atoms with Crippen molar-refractivity contribution in [2.45, 2.75) is 19.9 Å². The standard InChI is InChI=1S/C18H15N5O3/c1-10(2)23-15-9-12(6-7-14(15)19-22-23)17-21-20-16(26-17)11-4-3-5-13(8-11)18(24)25/h3-10H,1-2H3,(H,24,25). The van der Waals surface area contributed by atoms with Crippen molar-refractivity contribution < 1.29 is 14.3 Å². The number of hydrogen-bond donors (Lipinski definition) is 1. The van der Waals surface area contributed by atoms with Gasteiger partial charge in [-0.3, -0.25) is 0 Å². The maximum atomic E-state index is 11.1. The van der Waals surface area contributed by atoms with Crippen molar-refractivity contribution in [3.8, 4) is 22.9 Å². The Labute approximate surface area is 148 Å². The first kappa shape index (κ1) is 15.9. The number of carbonyl (C=O) groups is 1. The Morgan fingerprint density at radius 2 is 1.77 bits per heavy atom. The molecule has 130 valence electrons. The Kier molecular flexibility index (Phi) is 3.72.